The second kappa shape index (κ2) is 15.6. The second-order valence-corrected chi connectivity index (χ2v) is 10.8. The SMILES string of the molecule is Cc1cc(N=[N+]=[N-])ccc1[C@@H](O)[C@H]1O[C@H](COCc2ccccc2)[C@@H](OCc2ccccc2)[C@H](OCc2ccccc2)[C@@H]1O. The molecule has 9 nitrogen and oxygen atoms in total. The Morgan fingerprint density at radius 3 is 1.89 bits per heavy atom. The van der Waals surface area contributed by atoms with Gasteiger partial charge in [0.2, 0.25) is 0 Å². The van der Waals surface area contributed by atoms with Crippen LogP contribution >= 0.6 is 0 Å². The minimum absolute atomic E-state index is 0.143. The van der Waals surface area contributed by atoms with Crippen LogP contribution in [-0.2, 0) is 38.8 Å². The Labute approximate surface area is 257 Å². The maximum absolute atomic E-state index is 11.8. The largest absolute Gasteiger partial charge is 0.387 e. The number of hydrogen-bond donors (Lipinski definition) is 2. The van der Waals surface area contributed by atoms with E-state index in [1.807, 2.05) is 91.0 Å². The number of hydrogen-bond acceptors (Lipinski definition) is 7. The summed E-state index contributed by atoms with van der Waals surface area (Å²) in [5.41, 5.74) is 13.4. The number of rotatable bonds is 13. The van der Waals surface area contributed by atoms with Gasteiger partial charge in [-0.3, -0.25) is 0 Å². The molecule has 1 aliphatic heterocycles. The van der Waals surface area contributed by atoms with Crippen LogP contribution in [0.15, 0.2) is 114 Å². The van der Waals surface area contributed by atoms with E-state index in [2.05, 4.69) is 10.0 Å². The highest BCUT2D eigenvalue weighted by atomic mass is 16.6. The molecule has 228 valence electrons. The number of aryl methyl sites for hydroxylation is 1. The molecule has 1 fully saturated rings. The molecule has 9 heteroatoms. The molecule has 1 heterocycles. The maximum atomic E-state index is 11.8. The van der Waals surface area contributed by atoms with E-state index in [4.69, 9.17) is 24.5 Å². The van der Waals surface area contributed by atoms with Crippen molar-refractivity contribution in [3.8, 4) is 0 Å². The van der Waals surface area contributed by atoms with Crippen molar-refractivity contribution in [2.75, 3.05) is 6.61 Å². The summed E-state index contributed by atoms with van der Waals surface area (Å²) in [6.45, 7) is 2.81. The van der Waals surface area contributed by atoms with Crippen LogP contribution in [-0.4, -0.2) is 47.3 Å². The molecule has 0 aromatic heterocycles. The smallest absolute Gasteiger partial charge is 0.117 e. The summed E-state index contributed by atoms with van der Waals surface area (Å²) in [4.78, 5) is 2.84. The molecule has 0 aliphatic carbocycles. The van der Waals surface area contributed by atoms with E-state index in [1.165, 1.54) is 0 Å². The minimum Gasteiger partial charge on any atom is -0.387 e. The lowest BCUT2D eigenvalue weighted by molar-refractivity contribution is -0.277. The van der Waals surface area contributed by atoms with E-state index >= 15 is 0 Å². The Kier molecular flexibility index (Phi) is 11.1. The minimum atomic E-state index is -1.24. The molecule has 0 radical (unpaired) electrons. The zero-order chi connectivity index (χ0) is 30.7. The van der Waals surface area contributed by atoms with E-state index in [0.29, 0.717) is 23.4 Å². The number of benzene rings is 4. The fourth-order valence-corrected chi connectivity index (χ4v) is 5.43. The molecule has 4 aromatic rings. The molecule has 6 atom stereocenters. The van der Waals surface area contributed by atoms with Crippen molar-refractivity contribution in [3.05, 3.63) is 147 Å². The van der Waals surface area contributed by atoms with E-state index in [1.54, 1.807) is 25.1 Å². The van der Waals surface area contributed by atoms with E-state index in [9.17, 15) is 10.2 Å². The van der Waals surface area contributed by atoms with Gasteiger partial charge >= 0.3 is 0 Å². The predicted molar refractivity (Wildman–Crippen MR) is 166 cm³/mol. The first-order chi connectivity index (χ1) is 21.5. The lowest BCUT2D eigenvalue weighted by Gasteiger charge is -2.46. The van der Waals surface area contributed by atoms with Gasteiger partial charge < -0.3 is 29.2 Å². The predicted octanol–water partition coefficient (Wildman–Crippen LogP) is 6.49. The van der Waals surface area contributed by atoms with Crippen LogP contribution in [0.5, 0.6) is 0 Å². The highest BCUT2D eigenvalue weighted by Crippen LogP contribution is 2.36. The maximum Gasteiger partial charge on any atom is 0.117 e. The quantitative estimate of drug-likeness (QED) is 0.103. The van der Waals surface area contributed by atoms with E-state index < -0.39 is 36.6 Å². The summed E-state index contributed by atoms with van der Waals surface area (Å²) in [6, 6.07) is 34.3. The van der Waals surface area contributed by atoms with Crippen LogP contribution in [0.25, 0.3) is 10.4 Å². The topological polar surface area (TPSA) is 126 Å². The summed E-state index contributed by atoms with van der Waals surface area (Å²) in [5, 5.41) is 27.0. The Balaban J connectivity index is 1.43. The fraction of sp³-hybridized carbons (Fsp3) is 0.314. The first-order valence-corrected chi connectivity index (χ1v) is 14.6. The van der Waals surface area contributed by atoms with Crippen molar-refractivity contribution in [2.45, 2.75) is 63.4 Å². The van der Waals surface area contributed by atoms with E-state index in [0.717, 1.165) is 16.7 Å². The molecular formula is C35H37N3O6. The van der Waals surface area contributed by atoms with Crippen LogP contribution in [0.1, 0.15) is 33.9 Å². The van der Waals surface area contributed by atoms with Crippen LogP contribution in [0.4, 0.5) is 5.69 Å². The number of aliphatic hydroxyl groups is 2. The van der Waals surface area contributed by atoms with Crippen molar-refractivity contribution >= 4 is 5.69 Å². The molecular weight excluding hydrogens is 558 g/mol. The highest BCUT2D eigenvalue weighted by Gasteiger charge is 2.49. The average Bonchev–Trinajstić information content (AvgIpc) is 3.05. The normalized spacial score (nSPS) is 22.2. The first-order valence-electron chi connectivity index (χ1n) is 14.6. The van der Waals surface area contributed by atoms with Gasteiger partial charge in [0.15, 0.2) is 0 Å². The first kappa shape index (κ1) is 31.4. The van der Waals surface area contributed by atoms with Crippen molar-refractivity contribution in [3.63, 3.8) is 0 Å². The molecule has 44 heavy (non-hydrogen) atoms. The van der Waals surface area contributed by atoms with Gasteiger partial charge in [-0.25, -0.2) is 0 Å². The summed E-state index contributed by atoms with van der Waals surface area (Å²) in [5.74, 6) is 0. The lowest BCUT2D eigenvalue weighted by atomic mass is 9.88. The third-order valence-electron chi connectivity index (χ3n) is 7.70. The standard InChI is InChI=1S/C35H37N3O6/c1-24-19-28(37-38-36)17-18-29(24)31(39)34-32(40)35(43-22-27-15-9-4-10-16-27)33(42-21-26-13-7-3-8-14-26)30(44-34)23-41-20-25-11-5-2-6-12-25/h2-19,30-35,39-40H,20-23H2,1H3/t30-,31-,32-,33-,34-,35-/m1/s1. The Hall–Kier alpha value is -4.05. The van der Waals surface area contributed by atoms with Gasteiger partial charge in [-0.15, -0.1) is 0 Å². The molecule has 0 bridgehead atoms. The van der Waals surface area contributed by atoms with Gasteiger partial charge in [0.05, 0.1) is 26.4 Å². The zero-order valence-electron chi connectivity index (χ0n) is 24.6. The fourth-order valence-electron chi connectivity index (χ4n) is 5.43. The van der Waals surface area contributed by atoms with Gasteiger partial charge in [0, 0.05) is 10.6 Å². The molecule has 4 aromatic carbocycles. The Morgan fingerprint density at radius 1 is 0.795 bits per heavy atom. The summed E-state index contributed by atoms with van der Waals surface area (Å²) in [6.07, 6.45) is -5.73. The monoisotopic (exact) mass is 595 g/mol. The third-order valence-corrected chi connectivity index (χ3v) is 7.70. The second-order valence-electron chi connectivity index (χ2n) is 10.8. The van der Waals surface area contributed by atoms with Gasteiger partial charge in [-0.05, 0) is 46.3 Å². The van der Waals surface area contributed by atoms with Gasteiger partial charge in [-0.2, -0.15) is 0 Å². The number of aliphatic hydroxyl groups excluding tert-OH is 2. The zero-order valence-corrected chi connectivity index (χ0v) is 24.6. The molecule has 5 rings (SSSR count). The number of azide groups is 1. The molecule has 0 unspecified atom stereocenters. The van der Waals surface area contributed by atoms with Crippen LogP contribution in [0, 0.1) is 6.92 Å². The lowest BCUT2D eigenvalue weighted by Crippen LogP contribution is -2.61. The molecule has 0 spiro atoms. The van der Waals surface area contributed by atoms with Gasteiger partial charge in [-0.1, -0.05) is 108 Å². The van der Waals surface area contributed by atoms with E-state index in [-0.39, 0.29) is 19.8 Å². The van der Waals surface area contributed by atoms with Crippen LogP contribution in [0.2, 0.25) is 0 Å². The Morgan fingerprint density at radius 2 is 1.34 bits per heavy atom. The summed E-state index contributed by atoms with van der Waals surface area (Å²) in [7, 11) is 0. The van der Waals surface area contributed by atoms with Gasteiger partial charge in [0.1, 0.15) is 36.6 Å². The average molecular weight is 596 g/mol. The number of ether oxygens (including phenoxy) is 4. The molecule has 0 saturated carbocycles. The Bertz CT molecular complexity index is 1500. The van der Waals surface area contributed by atoms with Crippen molar-refractivity contribution in [2.24, 2.45) is 5.11 Å². The number of nitrogens with zero attached hydrogens (tertiary/aromatic N) is 3. The van der Waals surface area contributed by atoms with Crippen molar-refractivity contribution in [1.82, 2.24) is 0 Å². The van der Waals surface area contributed by atoms with Crippen LogP contribution in [0.3, 0.4) is 0 Å². The van der Waals surface area contributed by atoms with Crippen molar-refractivity contribution < 1.29 is 29.2 Å². The molecule has 1 aliphatic rings. The van der Waals surface area contributed by atoms with Crippen LogP contribution < -0.4 is 0 Å². The van der Waals surface area contributed by atoms with Crippen molar-refractivity contribution in [1.29, 1.82) is 0 Å². The summed E-state index contributed by atoms with van der Waals surface area (Å²) < 4.78 is 25.4. The summed E-state index contributed by atoms with van der Waals surface area (Å²) >= 11 is 0. The molecule has 1 saturated heterocycles. The third kappa shape index (κ3) is 8.11. The highest BCUT2D eigenvalue weighted by molar-refractivity contribution is 5.44. The molecule has 2 N–H and O–H groups in total. The van der Waals surface area contributed by atoms with Gasteiger partial charge in [0.25, 0.3) is 0 Å². The molecule has 0 amide bonds.